The number of piperidine rings is 1. The van der Waals surface area contributed by atoms with Crippen LogP contribution in [0.1, 0.15) is 38.2 Å². The zero-order chi connectivity index (χ0) is 16.5. The minimum absolute atomic E-state index is 0.000809. The Morgan fingerprint density at radius 3 is 2.83 bits per heavy atom. The standard InChI is InChI=1S/C18H26N2O3/c1-2-23-18(22)19-16-11-7-13-20(14-16)17(21)12-6-10-15-8-4-3-5-9-15/h3-5,8-9,16H,2,6-7,10-14H2,1H3,(H,19,22)/t16-/m0/s1. The van der Waals surface area contributed by atoms with Crippen LogP contribution in [-0.4, -0.2) is 42.6 Å². The van der Waals surface area contributed by atoms with Gasteiger partial charge in [0.1, 0.15) is 0 Å². The molecule has 0 saturated carbocycles. The number of alkyl carbamates (subject to hydrolysis) is 1. The number of nitrogens with zero attached hydrogens (tertiary/aromatic N) is 1. The summed E-state index contributed by atoms with van der Waals surface area (Å²) < 4.78 is 4.90. The summed E-state index contributed by atoms with van der Waals surface area (Å²) in [5.74, 6) is 0.177. The number of ether oxygens (including phenoxy) is 1. The zero-order valence-electron chi connectivity index (χ0n) is 13.8. The second kappa shape index (κ2) is 9.18. The number of hydrogen-bond acceptors (Lipinski definition) is 3. The van der Waals surface area contributed by atoms with Crippen molar-refractivity contribution >= 4 is 12.0 Å². The number of carbonyl (C=O) groups is 2. The van der Waals surface area contributed by atoms with E-state index in [4.69, 9.17) is 4.74 Å². The van der Waals surface area contributed by atoms with Gasteiger partial charge in [-0.2, -0.15) is 0 Å². The molecule has 1 N–H and O–H groups in total. The summed E-state index contributed by atoms with van der Waals surface area (Å²) >= 11 is 0. The second-order valence-electron chi connectivity index (χ2n) is 5.88. The van der Waals surface area contributed by atoms with E-state index in [0.29, 0.717) is 19.6 Å². The molecular weight excluding hydrogens is 292 g/mol. The average Bonchev–Trinajstić information content (AvgIpc) is 2.56. The summed E-state index contributed by atoms with van der Waals surface area (Å²) in [6, 6.07) is 10.2. The zero-order valence-corrected chi connectivity index (χ0v) is 13.8. The van der Waals surface area contributed by atoms with E-state index in [1.54, 1.807) is 6.92 Å². The van der Waals surface area contributed by atoms with E-state index in [9.17, 15) is 9.59 Å². The SMILES string of the molecule is CCOC(=O)N[C@H]1CCCN(C(=O)CCCc2ccccc2)C1. The Morgan fingerprint density at radius 1 is 1.30 bits per heavy atom. The van der Waals surface area contributed by atoms with Crippen LogP contribution in [0.4, 0.5) is 4.79 Å². The normalized spacial score (nSPS) is 17.6. The molecule has 1 fully saturated rings. The van der Waals surface area contributed by atoms with Gasteiger partial charge in [0.05, 0.1) is 6.61 Å². The Hall–Kier alpha value is -2.04. The van der Waals surface area contributed by atoms with E-state index < -0.39 is 6.09 Å². The molecule has 2 amide bonds. The highest BCUT2D eigenvalue weighted by Gasteiger charge is 2.24. The van der Waals surface area contributed by atoms with Crippen molar-refractivity contribution in [1.29, 1.82) is 0 Å². The first-order valence-corrected chi connectivity index (χ1v) is 8.44. The Kier molecular flexibility index (Phi) is 6.91. The van der Waals surface area contributed by atoms with E-state index in [0.717, 1.165) is 32.2 Å². The van der Waals surface area contributed by atoms with Crippen LogP contribution in [0.15, 0.2) is 30.3 Å². The molecule has 1 saturated heterocycles. The third kappa shape index (κ3) is 5.93. The largest absolute Gasteiger partial charge is 0.450 e. The maximum absolute atomic E-state index is 12.3. The summed E-state index contributed by atoms with van der Waals surface area (Å²) in [6.45, 7) is 3.51. The van der Waals surface area contributed by atoms with Crippen molar-refractivity contribution in [1.82, 2.24) is 10.2 Å². The van der Waals surface area contributed by atoms with E-state index in [1.807, 2.05) is 23.1 Å². The summed E-state index contributed by atoms with van der Waals surface area (Å²) in [5, 5.41) is 2.83. The highest BCUT2D eigenvalue weighted by molar-refractivity contribution is 5.76. The highest BCUT2D eigenvalue weighted by atomic mass is 16.5. The van der Waals surface area contributed by atoms with E-state index in [1.165, 1.54) is 5.56 Å². The van der Waals surface area contributed by atoms with Crippen LogP contribution in [-0.2, 0) is 16.0 Å². The summed E-state index contributed by atoms with van der Waals surface area (Å²) in [6.07, 6.45) is 3.76. The van der Waals surface area contributed by atoms with Gasteiger partial charge >= 0.3 is 6.09 Å². The maximum atomic E-state index is 12.3. The van der Waals surface area contributed by atoms with Gasteiger partial charge in [-0.3, -0.25) is 4.79 Å². The van der Waals surface area contributed by atoms with Crippen LogP contribution in [0.2, 0.25) is 0 Å². The number of amides is 2. The molecule has 0 aliphatic carbocycles. The van der Waals surface area contributed by atoms with E-state index in [2.05, 4.69) is 17.4 Å². The van der Waals surface area contributed by atoms with E-state index >= 15 is 0 Å². The molecule has 1 aliphatic heterocycles. The molecule has 1 aromatic carbocycles. The molecule has 0 radical (unpaired) electrons. The molecular formula is C18H26N2O3. The van der Waals surface area contributed by atoms with Crippen molar-refractivity contribution in [2.75, 3.05) is 19.7 Å². The Bertz CT molecular complexity index is 504. The molecule has 5 nitrogen and oxygen atoms in total. The fourth-order valence-electron chi connectivity index (χ4n) is 2.91. The third-order valence-corrected chi connectivity index (χ3v) is 4.07. The van der Waals surface area contributed by atoms with E-state index in [-0.39, 0.29) is 11.9 Å². The first-order chi connectivity index (χ1) is 11.2. The van der Waals surface area contributed by atoms with Gasteiger partial charge in [0.25, 0.3) is 0 Å². The quantitative estimate of drug-likeness (QED) is 0.877. The first-order valence-electron chi connectivity index (χ1n) is 8.44. The van der Waals surface area contributed by atoms with Crippen LogP contribution in [0.25, 0.3) is 0 Å². The van der Waals surface area contributed by atoms with Crippen molar-refractivity contribution < 1.29 is 14.3 Å². The molecule has 2 rings (SSSR count). The molecule has 0 aromatic heterocycles. The predicted octanol–water partition coefficient (Wildman–Crippen LogP) is 2.75. The molecule has 0 unspecified atom stereocenters. The van der Waals surface area contributed by atoms with Crippen molar-refractivity contribution in [3.63, 3.8) is 0 Å². The van der Waals surface area contributed by atoms with Crippen LogP contribution < -0.4 is 5.32 Å². The smallest absolute Gasteiger partial charge is 0.407 e. The van der Waals surface area contributed by atoms with Gasteiger partial charge in [-0.25, -0.2) is 4.79 Å². The van der Waals surface area contributed by atoms with Crippen molar-refractivity contribution in [2.45, 2.75) is 45.1 Å². The lowest BCUT2D eigenvalue weighted by Gasteiger charge is -2.33. The molecule has 1 aromatic rings. The first kappa shape index (κ1) is 17.3. The third-order valence-electron chi connectivity index (χ3n) is 4.07. The predicted molar refractivity (Wildman–Crippen MR) is 89.1 cm³/mol. The van der Waals surface area contributed by atoms with Crippen molar-refractivity contribution in [2.24, 2.45) is 0 Å². The van der Waals surface area contributed by atoms with Gasteiger partial charge in [-0.15, -0.1) is 0 Å². The summed E-state index contributed by atoms with van der Waals surface area (Å²) in [5.41, 5.74) is 1.26. The molecule has 1 aliphatic rings. The molecule has 23 heavy (non-hydrogen) atoms. The molecule has 0 bridgehead atoms. The minimum atomic E-state index is -0.393. The van der Waals surface area contributed by atoms with Crippen molar-refractivity contribution in [3.05, 3.63) is 35.9 Å². The van der Waals surface area contributed by atoms with Crippen LogP contribution in [0.3, 0.4) is 0 Å². The Balaban J connectivity index is 1.72. The molecule has 1 atom stereocenters. The second-order valence-corrected chi connectivity index (χ2v) is 5.88. The van der Waals surface area contributed by atoms with Gasteiger partial charge in [-0.1, -0.05) is 30.3 Å². The summed E-state index contributed by atoms with van der Waals surface area (Å²) in [7, 11) is 0. The fourth-order valence-corrected chi connectivity index (χ4v) is 2.91. The lowest BCUT2D eigenvalue weighted by atomic mass is 10.0. The summed E-state index contributed by atoms with van der Waals surface area (Å²) in [4.78, 5) is 25.7. The average molecular weight is 318 g/mol. The fraction of sp³-hybridized carbons (Fsp3) is 0.556. The number of nitrogens with one attached hydrogen (secondary N) is 1. The monoisotopic (exact) mass is 318 g/mol. The molecule has 0 spiro atoms. The van der Waals surface area contributed by atoms with Crippen LogP contribution in [0.5, 0.6) is 0 Å². The number of likely N-dealkylation sites (tertiary alicyclic amines) is 1. The number of hydrogen-bond donors (Lipinski definition) is 1. The Labute approximate surface area is 138 Å². The molecule has 126 valence electrons. The topological polar surface area (TPSA) is 58.6 Å². The molecule has 5 heteroatoms. The lowest BCUT2D eigenvalue weighted by molar-refractivity contribution is -0.132. The number of carbonyl (C=O) groups excluding carboxylic acids is 2. The van der Waals surface area contributed by atoms with Crippen LogP contribution in [0, 0.1) is 0 Å². The molecule has 1 heterocycles. The van der Waals surface area contributed by atoms with Crippen molar-refractivity contribution in [3.8, 4) is 0 Å². The van der Waals surface area contributed by atoms with Gasteiger partial charge in [0.15, 0.2) is 0 Å². The lowest BCUT2D eigenvalue weighted by Crippen LogP contribution is -2.49. The highest BCUT2D eigenvalue weighted by Crippen LogP contribution is 2.13. The number of aryl methyl sites for hydroxylation is 1. The van der Waals surface area contributed by atoms with Gasteiger partial charge in [-0.05, 0) is 38.2 Å². The minimum Gasteiger partial charge on any atom is -0.450 e. The number of rotatable bonds is 6. The van der Waals surface area contributed by atoms with Crippen LogP contribution >= 0.6 is 0 Å². The van der Waals surface area contributed by atoms with Gasteiger partial charge < -0.3 is 15.0 Å². The van der Waals surface area contributed by atoms with Gasteiger partial charge in [0.2, 0.25) is 5.91 Å². The maximum Gasteiger partial charge on any atom is 0.407 e. The Morgan fingerprint density at radius 2 is 2.09 bits per heavy atom. The number of benzene rings is 1. The van der Waals surface area contributed by atoms with Gasteiger partial charge in [0, 0.05) is 25.6 Å².